The van der Waals surface area contributed by atoms with Gasteiger partial charge in [-0.2, -0.15) is 0 Å². The predicted molar refractivity (Wildman–Crippen MR) is 81.7 cm³/mol. The van der Waals surface area contributed by atoms with E-state index in [2.05, 4.69) is 71.5 Å². The van der Waals surface area contributed by atoms with Gasteiger partial charge >= 0.3 is 0 Å². The Morgan fingerprint density at radius 3 is 2.56 bits per heavy atom. The second kappa shape index (κ2) is 6.17. The molecule has 94 valence electrons. The van der Waals surface area contributed by atoms with Gasteiger partial charge in [-0.15, -0.1) is 0 Å². The molecule has 18 heavy (non-hydrogen) atoms. The molecule has 0 saturated heterocycles. The summed E-state index contributed by atoms with van der Waals surface area (Å²) in [6.07, 6.45) is 0. The van der Waals surface area contributed by atoms with Crippen molar-refractivity contribution in [2.45, 2.75) is 20.4 Å². The Balaban J connectivity index is 2.40. The van der Waals surface area contributed by atoms with Crippen molar-refractivity contribution in [2.24, 2.45) is 0 Å². The molecule has 0 atom stereocenters. The van der Waals surface area contributed by atoms with Crippen molar-refractivity contribution in [3.63, 3.8) is 0 Å². The van der Waals surface area contributed by atoms with E-state index in [1.165, 1.54) is 22.3 Å². The summed E-state index contributed by atoms with van der Waals surface area (Å²) in [5.41, 5.74) is 5.20. The number of halogens is 1. The normalized spacial score (nSPS) is 10.6. The molecule has 0 spiro atoms. The van der Waals surface area contributed by atoms with Gasteiger partial charge in [0.2, 0.25) is 0 Å². The first kappa shape index (κ1) is 13.3. The monoisotopic (exact) mass is 303 g/mol. The lowest BCUT2D eigenvalue weighted by Crippen LogP contribution is -2.11. The first-order valence-electron chi connectivity index (χ1n) is 6.27. The fourth-order valence-corrected chi connectivity index (χ4v) is 2.52. The van der Waals surface area contributed by atoms with Gasteiger partial charge in [0.25, 0.3) is 0 Å². The lowest BCUT2D eigenvalue weighted by atomic mass is 9.98. The van der Waals surface area contributed by atoms with Crippen LogP contribution in [0.25, 0.3) is 11.1 Å². The van der Waals surface area contributed by atoms with Crippen molar-refractivity contribution < 1.29 is 0 Å². The van der Waals surface area contributed by atoms with Crippen LogP contribution in [0.3, 0.4) is 0 Å². The molecule has 0 aliphatic heterocycles. The van der Waals surface area contributed by atoms with E-state index in [4.69, 9.17) is 0 Å². The zero-order valence-corrected chi connectivity index (χ0v) is 12.4. The molecule has 2 rings (SSSR count). The van der Waals surface area contributed by atoms with Gasteiger partial charge in [0.15, 0.2) is 0 Å². The molecule has 0 unspecified atom stereocenters. The highest BCUT2D eigenvalue weighted by Gasteiger charge is 2.06. The quantitative estimate of drug-likeness (QED) is 0.875. The summed E-state index contributed by atoms with van der Waals surface area (Å²) in [7, 11) is 0. The molecule has 0 saturated carbocycles. The van der Waals surface area contributed by atoms with E-state index in [0.29, 0.717) is 0 Å². The molecule has 0 radical (unpaired) electrons. The fraction of sp³-hybridized carbons (Fsp3) is 0.250. The Hall–Kier alpha value is -1.12. The summed E-state index contributed by atoms with van der Waals surface area (Å²) >= 11 is 3.63. The van der Waals surface area contributed by atoms with Crippen LogP contribution >= 0.6 is 15.9 Å². The molecule has 0 fully saturated rings. The summed E-state index contributed by atoms with van der Waals surface area (Å²) in [4.78, 5) is 0. The van der Waals surface area contributed by atoms with Crippen molar-refractivity contribution >= 4 is 15.9 Å². The number of hydrogen-bond acceptors (Lipinski definition) is 1. The third-order valence-electron chi connectivity index (χ3n) is 3.05. The highest BCUT2D eigenvalue weighted by Crippen LogP contribution is 2.31. The van der Waals surface area contributed by atoms with E-state index in [9.17, 15) is 0 Å². The Morgan fingerprint density at radius 1 is 1.06 bits per heavy atom. The second-order valence-electron chi connectivity index (χ2n) is 4.41. The first-order chi connectivity index (χ1) is 8.72. The van der Waals surface area contributed by atoms with Crippen LogP contribution in [-0.2, 0) is 6.54 Å². The van der Waals surface area contributed by atoms with Crippen molar-refractivity contribution in [1.29, 1.82) is 0 Å². The van der Waals surface area contributed by atoms with Gasteiger partial charge in [-0.3, -0.25) is 0 Å². The smallest absolute Gasteiger partial charge is 0.0253 e. The number of hydrogen-bond donors (Lipinski definition) is 1. The van der Waals surface area contributed by atoms with Crippen LogP contribution in [0.15, 0.2) is 46.9 Å². The van der Waals surface area contributed by atoms with Crippen molar-refractivity contribution in [2.75, 3.05) is 6.54 Å². The summed E-state index contributed by atoms with van der Waals surface area (Å²) < 4.78 is 1.15. The second-order valence-corrected chi connectivity index (χ2v) is 5.26. The molecule has 2 aromatic carbocycles. The molecule has 2 aromatic rings. The van der Waals surface area contributed by atoms with E-state index in [1.807, 2.05) is 6.07 Å². The minimum atomic E-state index is 0.925. The molecular weight excluding hydrogens is 286 g/mol. The Labute approximate surface area is 117 Å². The summed E-state index contributed by atoms with van der Waals surface area (Å²) in [6.45, 7) is 6.21. The zero-order chi connectivity index (χ0) is 13.0. The number of rotatable bonds is 4. The van der Waals surface area contributed by atoms with Gasteiger partial charge in [-0.1, -0.05) is 53.2 Å². The molecule has 0 bridgehead atoms. The van der Waals surface area contributed by atoms with Gasteiger partial charge in [-0.25, -0.2) is 0 Å². The maximum absolute atomic E-state index is 3.63. The van der Waals surface area contributed by atoms with E-state index in [-0.39, 0.29) is 0 Å². The van der Waals surface area contributed by atoms with Gasteiger partial charge < -0.3 is 5.32 Å². The average Bonchev–Trinajstić information content (AvgIpc) is 2.39. The molecule has 0 heterocycles. The van der Waals surface area contributed by atoms with Crippen LogP contribution in [0.1, 0.15) is 18.1 Å². The Morgan fingerprint density at radius 2 is 1.83 bits per heavy atom. The van der Waals surface area contributed by atoms with Crippen molar-refractivity contribution in [1.82, 2.24) is 5.32 Å². The first-order valence-corrected chi connectivity index (χ1v) is 7.07. The van der Waals surface area contributed by atoms with Gasteiger partial charge in [0.05, 0.1) is 0 Å². The third-order valence-corrected chi connectivity index (χ3v) is 3.74. The number of nitrogens with one attached hydrogen (secondary N) is 1. The minimum Gasteiger partial charge on any atom is -0.313 e. The standard InChI is InChI=1S/C16H18BrN/c1-3-18-11-13-9-8-12(2)15(10-13)14-6-4-5-7-16(14)17/h4-10,18H,3,11H2,1-2H3. The highest BCUT2D eigenvalue weighted by molar-refractivity contribution is 9.10. The van der Waals surface area contributed by atoms with E-state index in [0.717, 1.165) is 17.6 Å². The lowest BCUT2D eigenvalue weighted by Gasteiger charge is -2.11. The Bertz CT molecular complexity index is 534. The molecular formula is C16H18BrN. The molecule has 1 N–H and O–H groups in total. The van der Waals surface area contributed by atoms with E-state index >= 15 is 0 Å². The molecule has 0 aromatic heterocycles. The van der Waals surface area contributed by atoms with Gasteiger partial charge in [-0.05, 0) is 47.9 Å². The van der Waals surface area contributed by atoms with Crippen LogP contribution in [0, 0.1) is 6.92 Å². The number of aryl methyl sites for hydroxylation is 1. The van der Waals surface area contributed by atoms with Crippen LogP contribution in [0.4, 0.5) is 0 Å². The molecule has 2 heteroatoms. The SMILES string of the molecule is CCNCc1ccc(C)c(-c2ccccc2Br)c1. The lowest BCUT2D eigenvalue weighted by molar-refractivity contribution is 0.727. The topological polar surface area (TPSA) is 12.0 Å². The average molecular weight is 304 g/mol. The summed E-state index contributed by atoms with van der Waals surface area (Å²) in [6, 6.07) is 15.0. The van der Waals surface area contributed by atoms with Crippen molar-refractivity contribution in [3.8, 4) is 11.1 Å². The van der Waals surface area contributed by atoms with Crippen LogP contribution in [0.5, 0.6) is 0 Å². The van der Waals surface area contributed by atoms with E-state index in [1.54, 1.807) is 0 Å². The maximum atomic E-state index is 3.63. The van der Waals surface area contributed by atoms with Crippen LogP contribution in [-0.4, -0.2) is 6.54 Å². The summed E-state index contributed by atoms with van der Waals surface area (Å²) in [5.74, 6) is 0. The minimum absolute atomic E-state index is 0.925. The van der Waals surface area contributed by atoms with Gasteiger partial charge in [0.1, 0.15) is 0 Å². The molecule has 0 aliphatic carbocycles. The molecule has 1 nitrogen and oxygen atoms in total. The maximum Gasteiger partial charge on any atom is 0.0253 e. The zero-order valence-electron chi connectivity index (χ0n) is 10.8. The number of benzene rings is 2. The molecule has 0 amide bonds. The van der Waals surface area contributed by atoms with Crippen LogP contribution in [0.2, 0.25) is 0 Å². The predicted octanol–water partition coefficient (Wildman–Crippen LogP) is 4.53. The Kier molecular flexibility index (Phi) is 4.56. The highest BCUT2D eigenvalue weighted by atomic mass is 79.9. The van der Waals surface area contributed by atoms with Crippen LogP contribution < -0.4 is 5.32 Å². The summed E-state index contributed by atoms with van der Waals surface area (Å²) in [5, 5.41) is 3.37. The van der Waals surface area contributed by atoms with Crippen molar-refractivity contribution in [3.05, 3.63) is 58.1 Å². The fourth-order valence-electron chi connectivity index (χ4n) is 2.02. The van der Waals surface area contributed by atoms with E-state index < -0.39 is 0 Å². The molecule has 0 aliphatic rings. The van der Waals surface area contributed by atoms with Gasteiger partial charge in [0, 0.05) is 11.0 Å². The third kappa shape index (κ3) is 3.01. The largest absolute Gasteiger partial charge is 0.313 e.